The monoisotopic (exact) mass is 278 g/mol. The minimum Gasteiger partial charge on any atom is -0.356 e. The van der Waals surface area contributed by atoms with E-state index in [0.29, 0.717) is 23.6 Å². The zero-order valence-corrected chi connectivity index (χ0v) is 11.3. The molecule has 1 aromatic heterocycles. The van der Waals surface area contributed by atoms with Gasteiger partial charge in [0.15, 0.2) is 5.76 Å². The lowest BCUT2D eigenvalue weighted by Crippen LogP contribution is -2.22. The van der Waals surface area contributed by atoms with E-state index in [9.17, 15) is 4.79 Å². The Morgan fingerprint density at radius 1 is 1.00 bits per heavy atom. The fourth-order valence-corrected chi connectivity index (χ4v) is 2.00. The van der Waals surface area contributed by atoms with E-state index in [0.717, 1.165) is 5.56 Å². The Kier molecular flexibility index (Phi) is 3.78. The Hall–Kier alpha value is -2.88. The van der Waals surface area contributed by atoms with Crippen molar-refractivity contribution < 1.29 is 9.32 Å². The van der Waals surface area contributed by atoms with Crippen LogP contribution in [0.5, 0.6) is 0 Å². The number of rotatable bonds is 4. The molecule has 3 aromatic rings. The van der Waals surface area contributed by atoms with Crippen LogP contribution in [0.3, 0.4) is 0 Å². The second kappa shape index (κ2) is 6.05. The molecule has 104 valence electrons. The van der Waals surface area contributed by atoms with Crippen molar-refractivity contribution in [3.05, 3.63) is 78.0 Å². The molecule has 1 amide bonds. The van der Waals surface area contributed by atoms with E-state index in [4.69, 9.17) is 4.52 Å². The number of hydrogen-bond acceptors (Lipinski definition) is 3. The maximum atomic E-state index is 11.9. The molecular weight excluding hydrogens is 264 g/mol. The molecular formula is C17H14N2O2. The molecule has 0 aliphatic carbocycles. The molecule has 4 heteroatoms. The highest BCUT2D eigenvalue weighted by Gasteiger charge is 2.08. The number of nitrogens with one attached hydrogen (secondary N) is 1. The van der Waals surface area contributed by atoms with Gasteiger partial charge < -0.3 is 9.84 Å². The molecule has 0 saturated heterocycles. The number of carbonyl (C=O) groups excluding carboxylic acids is 1. The van der Waals surface area contributed by atoms with Gasteiger partial charge in [-0.25, -0.2) is 0 Å². The molecule has 3 rings (SSSR count). The van der Waals surface area contributed by atoms with Crippen LogP contribution in [0.25, 0.3) is 11.3 Å². The van der Waals surface area contributed by atoms with E-state index >= 15 is 0 Å². The van der Waals surface area contributed by atoms with E-state index in [1.54, 1.807) is 12.1 Å². The quantitative estimate of drug-likeness (QED) is 0.797. The van der Waals surface area contributed by atoms with E-state index in [1.807, 2.05) is 54.6 Å². The summed E-state index contributed by atoms with van der Waals surface area (Å²) in [5.41, 5.74) is 2.29. The third kappa shape index (κ3) is 3.17. The van der Waals surface area contributed by atoms with E-state index in [-0.39, 0.29) is 5.91 Å². The van der Waals surface area contributed by atoms with Crippen molar-refractivity contribution >= 4 is 5.91 Å². The molecule has 0 unspecified atom stereocenters. The zero-order chi connectivity index (χ0) is 14.5. The Morgan fingerprint density at radius 2 is 1.67 bits per heavy atom. The fourth-order valence-electron chi connectivity index (χ4n) is 2.00. The number of aromatic nitrogens is 1. The van der Waals surface area contributed by atoms with Gasteiger partial charge in [-0.2, -0.15) is 0 Å². The van der Waals surface area contributed by atoms with Crippen LogP contribution in [0.1, 0.15) is 16.1 Å². The summed E-state index contributed by atoms with van der Waals surface area (Å²) in [4.78, 5) is 11.9. The number of hydrogen-bond donors (Lipinski definition) is 1. The molecule has 21 heavy (non-hydrogen) atoms. The summed E-state index contributed by atoms with van der Waals surface area (Å²) in [6, 6.07) is 20.6. The molecule has 1 heterocycles. The van der Waals surface area contributed by atoms with Crippen molar-refractivity contribution in [2.75, 3.05) is 0 Å². The summed E-state index contributed by atoms with van der Waals surface area (Å²) in [6.07, 6.45) is 0. The van der Waals surface area contributed by atoms with Crippen LogP contribution < -0.4 is 5.32 Å². The number of benzene rings is 2. The van der Waals surface area contributed by atoms with E-state index < -0.39 is 0 Å². The first-order valence-corrected chi connectivity index (χ1v) is 6.67. The normalized spacial score (nSPS) is 10.3. The van der Waals surface area contributed by atoms with Crippen molar-refractivity contribution in [1.82, 2.24) is 10.5 Å². The summed E-state index contributed by atoms with van der Waals surface area (Å²) in [5, 5.41) is 6.79. The third-order valence-corrected chi connectivity index (χ3v) is 3.08. The zero-order valence-electron chi connectivity index (χ0n) is 11.3. The van der Waals surface area contributed by atoms with Gasteiger partial charge in [-0.1, -0.05) is 53.7 Å². The predicted molar refractivity (Wildman–Crippen MR) is 79.6 cm³/mol. The van der Waals surface area contributed by atoms with Crippen LogP contribution in [-0.2, 0) is 6.54 Å². The van der Waals surface area contributed by atoms with Crippen molar-refractivity contribution in [1.29, 1.82) is 0 Å². The number of carbonyl (C=O) groups is 1. The van der Waals surface area contributed by atoms with E-state index in [2.05, 4.69) is 10.5 Å². The second-order valence-electron chi connectivity index (χ2n) is 4.60. The largest absolute Gasteiger partial charge is 0.356 e. The molecule has 0 aliphatic heterocycles. The van der Waals surface area contributed by atoms with E-state index in [1.165, 1.54) is 0 Å². The number of amides is 1. The molecule has 0 spiro atoms. The van der Waals surface area contributed by atoms with Crippen LogP contribution >= 0.6 is 0 Å². The van der Waals surface area contributed by atoms with Gasteiger partial charge in [0.05, 0.1) is 6.54 Å². The summed E-state index contributed by atoms with van der Waals surface area (Å²) in [6.45, 7) is 0.337. The average Bonchev–Trinajstić information content (AvgIpc) is 3.03. The van der Waals surface area contributed by atoms with Crippen molar-refractivity contribution in [3.8, 4) is 11.3 Å². The van der Waals surface area contributed by atoms with Crippen LogP contribution in [0.2, 0.25) is 0 Å². The van der Waals surface area contributed by atoms with Gasteiger partial charge in [-0.15, -0.1) is 0 Å². The highest BCUT2D eigenvalue weighted by molar-refractivity contribution is 5.94. The topological polar surface area (TPSA) is 55.1 Å². The first-order valence-electron chi connectivity index (χ1n) is 6.67. The van der Waals surface area contributed by atoms with Gasteiger partial charge in [-0.3, -0.25) is 4.79 Å². The van der Waals surface area contributed by atoms with Gasteiger partial charge in [0.25, 0.3) is 5.91 Å². The summed E-state index contributed by atoms with van der Waals surface area (Å²) < 4.78 is 5.29. The second-order valence-corrected chi connectivity index (χ2v) is 4.60. The molecule has 0 atom stereocenters. The Bertz CT molecular complexity index is 721. The van der Waals surface area contributed by atoms with Crippen molar-refractivity contribution in [2.24, 2.45) is 0 Å². The molecule has 0 fully saturated rings. The molecule has 1 N–H and O–H groups in total. The lowest BCUT2D eigenvalue weighted by atomic mass is 10.1. The highest BCUT2D eigenvalue weighted by Crippen LogP contribution is 2.19. The third-order valence-electron chi connectivity index (χ3n) is 3.08. The Morgan fingerprint density at radius 3 is 2.38 bits per heavy atom. The maximum Gasteiger partial charge on any atom is 0.251 e. The standard InChI is InChI=1S/C17H14N2O2/c20-17(14-9-5-2-6-10-14)18-12-15-11-16(21-19-15)13-7-3-1-4-8-13/h1-11H,12H2,(H,18,20). The Labute approximate surface area is 122 Å². The van der Waals surface area contributed by atoms with Gasteiger partial charge in [0.2, 0.25) is 0 Å². The maximum absolute atomic E-state index is 11.9. The minimum absolute atomic E-state index is 0.125. The van der Waals surface area contributed by atoms with Gasteiger partial charge in [0, 0.05) is 17.2 Å². The molecule has 0 saturated carbocycles. The van der Waals surface area contributed by atoms with Crippen molar-refractivity contribution in [3.63, 3.8) is 0 Å². The first kappa shape index (κ1) is 13.1. The van der Waals surface area contributed by atoms with Gasteiger partial charge >= 0.3 is 0 Å². The van der Waals surface area contributed by atoms with Crippen LogP contribution in [0.15, 0.2) is 71.3 Å². The lowest BCUT2D eigenvalue weighted by molar-refractivity contribution is 0.0950. The Balaban J connectivity index is 1.64. The molecule has 0 bridgehead atoms. The molecule has 2 aromatic carbocycles. The smallest absolute Gasteiger partial charge is 0.251 e. The molecule has 0 aliphatic rings. The average molecular weight is 278 g/mol. The lowest BCUT2D eigenvalue weighted by Gasteiger charge is -2.01. The van der Waals surface area contributed by atoms with Gasteiger partial charge in [0.1, 0.15) is 5.69 Å². The highest BCUT2D eigenvalue weighted by atomic mass is 16.5. The summed E-state index contributed by atoms with van der Waals surface area (Å²) >= 11 is 0. The van der Waals surface area contributed by atoms with Crippen molar-refractivity contribution in [2.45, 2.75) is 6.54 Å². The first-order chi connectivity index (χ1) is 10.3. The van der Waals surface area contributed by atoms with Gasteiger partial charge in [-0.05, 0) is 12.1 Å². The minimum atomic E-state index is -0.125. The predicted octanol–water partition coefficient (Wildman–Crippen LogP) is 3.27. The van der Waals surface area contributed by atoms with Crippen LogP contribution in [-0.4, -0.2) is 11.1 Å². The molecule has 4 nitrogen and oxygen atoms in total. The SMILES string of the molecule is O=C(NCc1cc(-c2ccccc2)on1)c1ccccc1. The van der Waals surface area contributed by atoms with Crippen LogP contribution in [0.4, 0.5) is 0 Å². The van der Waals surface area contributed by atoms with Crippen LogP contribution in [0, 0.1) is 0 Å². The summed E-state index contributed by atoms with van der Waals surface area (Å²) in [7, 11) is 0. The fraction of sp³-hybridized carbons (Fsp3) is 0.0588. The number of nitrogens with zero attached hydrogens (tertiary/aromatic N) is 1. The summed E-state index contributed by atoms with van der Waals surface area (Å²) in [5.74, 6) is 0.569. The molecule has 0 radical (unpaired) electrons.